The van der Waals surface area contributed by atoms with Crippen LogP contribution in [0.1, 0.15) is 19.8 Å². The van der Waals surface area contributed by atoms with E-state index >= 15 is 0 Å². The highest BCUT2D eigenvalue weighted by molar-refractivity contribution is 5.81. The molecule has 5 nitrogen and oxygen atoms in total. The van der Waals surface area contributed by atoms with Gasteiger partial charge in [0.1, 0.15) is 0 Å². The number of H-pyrrole nitrogens is 1. The molecule has 0 radical (unpaired) electrons. The van der Waals surface area contributed by atoms with Gasteiger partial charge < -0.3 is 10.4 Å². The van der Waals surface area contributed by atoms with Crippen LogP contribution in [0.2, 0.25) is 0 Å². The number of anilines is 1. The van der Waals surface area contributed by atoms with E-state index in [0.29, 0.717) is 6.42 Å². The Labute approximate surface area is 98.8 Å². The van der Waals surface area contributed by atoms with Crippen molar-refractivity contribution in [3.05, 3.63) is 24.4 Å². The maximum atomic E-state index is 10.5. The quantitative estimate of drug-likeness (QED) is 0.740. The monoisotopic (exact) mass is 233 g/mol. The third kappa shape index (κ3) is 2.96. The second-order valence-electron chi connectivity index (χ2n) is 4.15. The number of aromatic nitrogens is 2. The van der Waals surface area contributed by atoms with Gasteiger partial charge in [-0.25, -0.2) is 0 Å². The van der Waals surface area contributed by atoms with E-state index in [-0.39, 0.29) is 12.5 Å². The molecule has 0 amide bonds. The van der Waals surface area contributed by atoms with Crippen molar-refractivity contribution in [3.63, 3.8) is 0 Å². The van der Waals surface area contributed by atoms with Crippen LogP contribution in [0, 0.1) is 0 Å². The number of rotatable bonds is 5. The zero-order valence-corrected chi connectivity index (χ0v) is 9.60. The van der Waals surface area contributed by atoms with Gasteiger partial charge in [0.2, 0.25) is 0 Å². The van der Waals surface area contributed by atoms with Crippen LogP contribution in [0.15, 0.2) is 24.4 Å². The van der Waals surface area contributed by atoms with Crippen LogP contribution in [-0.4, -0.2) is 27.3 Å². The first kappa shape index (κ1) is 11.4. The first-order valence-corrected chi connectivity index (χ1v) is 5.56. The van der Waals surface area contributed by atoms with Crippen molar-refractivity contribution in [3.8, 4) is 0 Å². The molecule has 0 aliphatic carbocycles. The van der Waals surface area contributed by atoms with Gasteiger partial charge in [0.05, 0.1) is 11.7 Å². The molecule has 0 aliphatic heterocycles. The number of aliphatic carboxylic acids is 1. The number of nitrogens with one attached hydrogen (secondary N) is 2. The fourth-order valence-electron chi connectivity index (χ4n) is 1.72. The Bertz CT molecular complexity index is 521. The van der Waals surface area contributed by atoms with Gasteiger partial charge in [-0.15, -0.1) is 0 Å². The molecule has 0 saturated carbocycles. The standard InChI is InChI=1S/C12H15N3O2/c1-8(2-5-12(16)17)14-10-4-3-9-7-13-15-11(9)6-10/h3-4,6-8,14H,2,5H2,1H3,(H,13,15)(H,16,17). The predicted octanol–water partition coefficient (Wildman–Crippen LogP) is 2.23. The van der Waals surface area contributed by atoms with Crippen molar-refractivity contribution in [1.82, 2.24) is 10.2 Å². The largest absolute Gasteiger partial charge is 0.481 e. The molecule has 0 spiro atoms. The second kappa shape index (κ2) is 4.86. The Balaban J connectivity index is 1.99. The van der Waals surface area contributed by atoms with Crippen molar-refractivity contribution in [2.24, 2.45) is 0 Å². The molecule has 0 saturated heterocycles. The highest BCUT2D eigenvalue weighted by Gasteiger charge is 2.06. The maximum Gasteiger partial charge on any atom is 0.303 e. The molecule has 17 heavy (non-hydrogen) atoms. The predicted molar refractivity (Wildman–Crippen MR) is 66.0 cm³/mol. The summed E-state index contributed by atoms with van der Waals surface area (Å²) in [6.07, 6.45) is 2.56. The van der Waals surface area contributed by atoms with Crippen LogP contribution in [0.4, 0.5) is 5.69 Å². The lowest BCUT2D eigenvalue weighted by Gasteiger charge is -2.14. The summed E-state index contributed by atoms with van der Waals surface area (Å²) < 4.78 is 0. The lowest BCUT2D eigenvalue weighted by Crippen LogP contribution is -2.16. The van der Waals surface area contributed by atoms with Crippen LogP contribution in [-0.2, 0) is 4.79 Å². The van der Waals surface area contributed by atoms with Crippen molar-refractivity contribution in [2.45, 2.75) is 25.8 Å². The van der Waals surface area contributed by atoms with Gasteiger partial charge in [-0.05, 0) is 31.5 Å². The zero-order chi connectivity index (χ0) is 12.3. The molecule has 0 fully saturated rings. The van der Waals surface area contributed by atoms with E-state index in [1.165, 1.54) is 0 Å². The molecule has 1 unspecified atom stereocenters. The van der Waals surface area contributed by atoms with E-state index in [0.717, 1.165) is 16.6 Å². The van der Waals surface area contributed by atoms with E-state index in [1.54, 1.807) is 6.20 Å². The fourth-order valence-corrected chi connectivity index (χ4v) is 1.72. The fraction of sp³-hybridized carbons (Fsp3) is 0.333. The Kier molecular flexibility index (Phi) is 3.27. The smallest absolute Gasteiger partial charge is 0.303 e. The topological polar surface area (TPSA) is 78.0 Å². The summed E-state index contributed by atoms with van der Waals surface area (Å²) in [5.41, 5.74) is 1.94. The first-order chi connectivity index (χ1) is 8.15. The molecule has 1 aromatic heterocycles. The maximum absolute atomic E-state index is 10.5. The Morgan fingerprint density at radius 3 is 3.18 bits per heavy atom. The van der Waals surface area contributed by atoms with Crippen LogP contribution in [0.5, 0.6) is 0 Å². The number of carboxylic acids is 1. The molecule has 3 N–H and O–H groups in total. The molecule has 2 rings (SSSR count). The molecule has 1 heterocycles. The summed E-state index contributed by atoms with van der Waals surface area (Å²) in [7, 11) is 0. The van der Waals surface area contributed by atoms with E-state index in [9.17, 15) is 4.79 Å². The number of nitrogens with zero attached hydrogens (tertiary/aromatic N) is 1. The van der Waals surface area contributed by atoms with Gasteiger partial charge in [-0.1, -0.05) is 0 Å². The minimum Gasteiger partial charge on any atom is -0.481 e. The molecule has 90 valence electrons. The van der Waals surface area contributed by atoms with Gasteiger partial charge in [-0.2, -0.15) is 5.10 Å². The Morgan fingerprint density at radius 2 is 2.41 bits per heavy atom. The summed E-state index contributed by atoms with van der Waals surface area (Å²) in [6, 6.07) is 6.05. The van der Waals surface area contributed by atoms with Gasteiger partial charge in [0.15, 0.2) is 0 Å². The van der Waals surface area contributed by atoms with Crippen molar-refractivity contribution in [1.29, 1.82) is 0 Å². The van der Waals surface area contributed by atoms with Crippen LogP contribution >= 0.6 is 0 Å². The van der Waals surface area contributed by atoms with Gasteiger partial charge in [0.25, 0.3) is 0 Å². The molecule has 1 aromatic carbocycles. The molecule has 2 aromatic rings. The summed E-state index contributed by atoms with van der Waals surface area (Å²) in [5, 5.41) is 19.8. The Morgan fingerprint density at radius 1 is 1.59 bits per heavy atom. The number of carbonyl (C=O) groups is 1. The van der Waals surface area contributed by atoms with Crippen LogP contribution < -0.4 is 5.32 Å². The Hall–Kier alpha value is -2.04. The first-order valence-electron chi connectivity index (χ1n) is 5.56. The number of aromatic amines is 1. The number of hydrogen-bond donors (Lipinski definition) is 3. The SMILES string of the molecule is CC(CCC(=O)O)Nc1ccc2cn[nH]c2c1. The average molecular weight is 233 g/mol. The molecular formula is C12H15N3O2. The number of carboxylic acid groups (broad SMARTS) is 1. The minimum atomic E-state index is -0.761. The molecule has 0 bridgehead atoms. The minimum absolute atomic E-state index is 0.131. The highest BCUT2D eigenvalue weighted by Crippen LogP contribution is 2.17. The lowest BCUT2D eigenvalue weighted by molar-refractivity contribution is -0.137. The van der Waals surface area contributed by atoms with Crippen molar-refractivity contribution in [2.75, 3.05) is 5.32 Å². The third-order valence-electron chi connectivity index (χ3n) is 2.65. The number of fused-ring (bicyclic) bond motifs is 1. The summed E-state index contributed by atoms with van der Waals surface area (Å²) >= 11 is 0. The number of hydrogen-bond acceptors (Lipinski definition) is 3. The molecule has 5 heteroatoms. The average Bonchev–Trinajstić information content (AvgIpc) is 2.73. The van der Waals surface area contributed by atoms with Gasteiger partial charge in [0, 0.05) is 23.5 Å². The third-order valence-corrected chi connectivity index (χ3v) is 2.65. The van der Waals surface area contributed by atoms with Crippen molar-refractivity contribution >= 4 is 22.6 Å². The van der Waals surface area contributed by atoms with Crippen LogP contribution in [0.3, 0.4) is 0 Å². The normalized spacial score (nSPS) is 12.5. The van der Waals surface area contributed by atoms with Gasteiger partial charge >= 0.3 is 5.97 Å². The molecule has 0 aliphatic rings. The number of benzene rings is 1. The van der Waals surface area contributed by atoms with E-state index in [2.05, 4.69) is 15.5 Å². The summed E-state index contributed by atoms with van der Waals surface area (Å²) in [6.45, 7) is 1.97. The summed E-state index contributed by atoms with van der Waals surface area (Å²) in [4.78, 5) is 10.5. The van der Waals surface area contributed by atoms with Crippen molar-refractivity contribution < 1.29 is 9.90 Å². The van der Waals surface area contributed by atoms with E-state index < -0.39 is 5.97 Å². The summed E-state index contributed by atoms with van der Waals surface area (Å²) in [5.74, 6) is -0.761. The van der Waals surface area contributed by atoms with Gasteiger partial charge in [-0.3, -0.25) is 9.89 Å². The zero-order valence-electron chi connectivity index (χ0n) is 9.60. The lowest BCUT2D eigenvalue weighted by atomic mass is 10.1. The molecular weight excluding hydrogens is 218 g/mol. The van der Waals surface area contributed by atoms with E-state index in [4.69, 9.17) is 5.11 Å². The molecule has 1 atom stereocenters. The second-order valence-corrected chi connectivity index (χ2v) is 4.15. The van der Waals surface area contributed by atoms with Crippen LogP contribution in [0.25, 0.3) is 10.9 Å². The highest BCUT2D eigenvalue weighted by atomic mass is 16.4. The van der Waals surface area contributed by atoms with E-state index in [1.807, 2.05) is 25.1 Å².